The van der Waals surface area contributed by atoms with E-state index in [1.165, 1.54) is 5.56 Å². The predicted octanol–water partition coefficient (Wildman–Crippen LogP) is 2.97. The van der Waals surface area contributed by atoms with Crippen LogP contribution in [0.2, 0.25) is 0 Å². The van der Waals surface area contributed by atoms with Crippen LogP contribution in [0.4, 0.5) is 4.79 Å². The van der Waals surface area contributed by atoms with E-state index >= 15 is 0 Å². The Morgan fingerprint density at radius 1 is 1.15 bits per heavy atom. The van der Waals surface area contributed by atoms with Crippen molar-refractivity contribution >= 4 is 6.03 Å². The van der Waals surface area contributed by atoms with Gasteiger partial charge in [0.1, 0.15) is 12.4 Å². The van der Waals surface area contributed by atoms with E-state index < -0.39 is 0 Å². The second kappa shape index (κ2) is 9.23. The van der Waals surface area contributed by atoms with E-state index in [-0.39, 0.29) is 6.03 Å². The lowest BCUT2D eigenvalue weighted by Crippen LogP contribution is -2.38. The van der Waals surface area contributed by atoms with Gasteiger partial charge in [-0.25, -0.2) is 4.79 Å². The monoisotopic (exact) mass is 278 g/mol. The predicted molar refractivity (Wildman–Crippen MR) is 82.2 cm³/mol. The summed E-state index contributed by atoms with van der Waals surface area (Å²) < 4.78 is 5.56. The fourth-order valence-electron chi connectivity index (χ4n) is 1.69. The molecule has 0 fully saturated rings. The van der Waals surface area contributed by atoms with Crippen molar-refractivity contribution in [2.45, 2.75) is 33.6 Å². The Morgan fingerprint density at radius 3 is 2.40 bits per heavy atom. The molecule has 0 heterocycles. The summed E-state index contributed by atoms with van der Waals surface area (Å²) >= 11 is 0. The summed E-state index contributed by atoms with van der Waals surface area (Å²) in [5.41, 5.74) is 1.29. The van der Waals surface area contributed by atoms with Crippen LogP contribution in [0.25, 0.3) is 0 Å². The number of hydrogen-bond donors (Lipinski definition) is 2. The van der Waals surface area contributed by atoms with Crippen LogP contribution >= 0.6 is 0 Å². The minimum Gasteiger partial charge on any atom is -0.492 e. The van der Waals surface area contributed by atoms with Gasteiger partial charge in [0, 0.05) is 6.54 Å². The van der Waals surface area contributed by atoms with Crippen LogP contribution in [0, 0.1) is 5.92 Å². The molecule has 112 valence electrons. The van der Waals surface area contributed by atoms with Crippen LogP contribution in [0.15, 0.2) is 24.3 Å². The zero-order valence-corrected chi connectivity index (χ0v) is 12.7. The molecule has 1 aromatic rings. The lowest BCUT2D eigenvalue weighted by molar-refractivity contribution is 0.236. The maximum absolute atomic E-state index is 11.4. The van der Waals surface area contributed by atoms with Gasteiger partial charge in [-0.05, 0) is 36.5 Å². The Bertz CT molecular complexity index is 388. The maximum atomic E-state index is 11.4. The highest BCUT2D eigenvalue weighted by atomic mass is 16.5. The highest BCUT2D eigenvalue weighted by Gasteiger charge is 2.00. The van der Waals surface area contributed by atoms with Gasteiger partial charge in [0.25, 0.3) is 0 Å². The largest absolute Gasteiger partial charge is 0.492 e. The molecule has 2 N–H and O–H groups in total. The number of amides is 2. The summed E-state index contributed by atoms with van der Waals surface area (Å²) in [6, 6.07) is 7.90. The second-order valence-corrected chi connectivity index (χ2v) is 5.21. The van der Waals surface area contributed by atoms with Crippen LogP contribution < -0.4 is 15.4 Å². The van der Waals surface area contributed by atoms with Crippen molar-refractivity contribution in [3.8, 4) is 5.75 Å². The zero-order valence-electron chi connectivity index (χ0n) is 12.7. The normalized spacial score (nSPS) is 10.4. The van der Waals surface area contributed by atoms with Crippen molar-refractivity contribution in [3.63, 3.8) is 0 Å². The van der Waals surface area contributed by atoms with E-state index in [0.29, 0.717) is 25.6 Å². The molecule has 0 unspecified atom stereocenters. The minimum absolute atomic E-state index is 0.129. The summed E-state index contributed by atoms with van der Waals surface area (Å²) in [4.78, 5) is 11.4. The molecule has 0 saturated heterocycles. The Hall–Kier alpha value is -1.71. The van der Waals surface area contributed by atoms with E-state index in [1.54, 1.807) is 0 Å². The molecule has 20 heavy (non-hydrogen) atoms. The first-order chi connectivity index (χ1) is 9.61. The average molecular weight is 278 g/mol. The molecule has 0 atom stereocenters. The number of nitrogens with one attached hydrogen (secondary N) is 2. The number of rotatable bonds is 8. The summed E-state index contributed by atoms with van der Waals surface area (Å²) in [6.07, 6.45) is 2.02. The van der Waals surface area contributed by atoms with Crippen LogP contribution in [0.3, 0.4) is 0 Å². The first-order valence-electron chi connectivity index (χ1n) is 7.35. The van der Waals surface area contributed by atoms with Gasteiger partial charge in [0.15, 0.2) is 0 Å². The third-order valence-corrected chi connectivity index (χ3v) is 3.00. The molecule has 4 nitrogen and oxygen atoms in total. The summed E-state index contributed by atoms with van der Waals surface area (Å²) in [6.45, 7) is 8.08. The molecule has 4 heteroatoms. The molecular weight excluding hydrogens is 252 g/mol. The van der Waals surface area contributed by atoms with Gasteiger partial charge in [-0.2, -0.15) is 0 Å². The van der Waals surface area contributed by atoms with Crippen molar-refractivity contribution in [2.75, 3.05) is 19.7 Å². The molecule has 0 aromatic heterocycles. The van der Waals surface area contributed by atoms with E-state index in [0.717, 1.165) is 18.6 Å². The second-order valence-electron chi connectivity index (χ2n) is 5.21. The summed E-state index contributed by atoms with van der Waals surface area (Å²) in [5.74, 6) is 1.44. The Labute approximate surface area is 121 Å². The third-order valence-electron chi connectivity index (χ3n) is 3.00. The van der Waals surface area contributed by atoms with Gasteiger partial charge in [0.05, 0.1) is 6.54 Å². The van der Waals surface area contributed by atoms with Gasteiger partial charge in [0.2, 0.25) is 0 Å². The van der Waals surface area contributed by atoms with Gasteiger partial charge < -0.3 is 15.4 Å². The molecule has 0 aliphatic carbocycles. The number of urea groups is 1. The SMILES string of the molecule is CCc1ccc(OCCNC(=O)NCCC(C)C)cc1. The van der Waals surface area contributed by atoms with Crippen LogP contribution in [0.1, 0.15) is 32.8 Å². The van der Waals surface area contributed by atoms with E-state index in [9.17, 15) is 4.79 Å². The van der Waals surface area contributed by atoms with Gasteiger partial charge in [-0.15, -0.1) is 0 Å². The fourth-order valence-corrected chi connectivity index (χ4v) is 1.69. The standard InChI is InChI=1S/C16H26N2O2/c1-4-14-5-7-15(8-6-14)20-12-11-18-16(19)17-10-9-13(2)3/h5-8,13H,4,9-12H2,1-3H3,(H2,17,18,19). The number of carbonyl (C=O) groups excluding carboxylic acids is 1. The van der Waals surface area contributed by atoms with Crippen molar-refractivity contribution < 1.29 is 9.53 Å². The molecule has 0 bridgehead atoms. The number of aryl methyl sites for hydroxylation is 1. The van der Waals surface area contributed by atoms with Crippen molar-refractivity contribution in [2.24, 2.45) is 5.92 Å². The molecule has 0 saturated carbocycles. The molecule has 1 aromatic carbocycles. The van der Waals surface area contributed by atoms with Crippen LogP contribution in [-0.2, 0) is 6.42 Å². The quantitative estimate of drug-likeness (QED) is 0.718. The number of hydrogen-bond acceptors (Lipinski definition) is 2. The van der Waals surface area contributed by atoms with E-state index in [2.05, 4.69) is 43.5 Å². The molecule has 1 rings (SSSR count). The van der Waals surface area contributed by atoms with Crippen molar-refractivity contribution in [1.29, 1.82) is 0 Å². The summed E-state index contributed by atoms with van der Waals surface area (Å²) in [7, 11) is 0. The summed E-state index contributed by atoms with van der Waals surface area (Å²) in [5, 5.41) is 5.60. The Balaban J connectivity index is 2.10. The average Bonchev–Trinajstić information content (AvgIpc) is 2.44. The zero-order chi connectivity index (χ0) is 14.8. The molecule has 0 aliphatic heterocycles. The van der Waals surface area contributed by atoms with E-state index in [1.807, 2.05) is 12.1 Å². The topological polar surface area (TPSA) is 50.4 Å². The molecule has 0 spiro atoms. The Morgan fingerprint density at radius 2 is 1.80 bits per heavy atom. The highest BCUT2D eigenvalue weighted by molar-refractivity contribution is 5.73. The number of benzene rings is 1. The highest BCUT2D eigenvalue weighted by Crippen LogP contribution is 2.11. The van der Waals surface area contributed by atoms with Gasteiger partial charge >= 0.3 is 6.03 Å². The lowest BCUT2D eigenvalue weighted by Gasteiger charge is -2.10. The number of carbonyl (C=O) groups is 1. The van der Waals surface area contributed by atoms with Crippen molar-refractivity contribution in [3.05, 3.63) is 29.8 Å². The molecule has 0 radical (unpaired) electrons. The van der Waals surface area contributed by atoms with Gasteiger partial charge in [-0.3, -0.25) is 0 Å². The Kier molecular flexibility index (Phi) is 7.55. The molecule has 2 amide bonds. The van der Waals surface area contributed by atoms with E-state index in [4.69, 9.17) is 4.74 Å². The number of ether oxygens (including phenoxy) is 1. The minimum atomic E-state index is -0.129. The molecule has 0 aliphatic rings. The van der Waals surface area contributed by atoms with Gasteiger partial charge in [-0.1, -0.05) is 32.9 Å². The smallest absolute Gasteiger partial charge is 0.314 e. The first-order valence-corrected chi connectivity index (χ1v) is 7.35. The fraction of sp³-hybridized carbons (Fsp3) is 0.562. The third kappa shape index (κ3) is 7.02. The van der Waals surface area contributed by atoms with Crippen molar-refractivity contribution in [1.82, 2.24) is 10.6 Å². The maximum Gasteiger partial charge on any atom is 0.314 e. The van der Waals surface area contributed by atoms with Crippen LogP contribution in [0.5, 0.6) is 5.75 Å². The lowest BCUT2D eigenvalue weighted by atomic mass is 10.1. The first kappa shape index (κ1) is 16.3. The van der Waals surface area contributed by atoms with Crippen LogP contribution in [-0.4, -0.2) is 25.7 Å². The molecular formula is C16H26N2O2.